The van der Waals surface area contributed by atoms with E-state index < -0.39 is 17.6 Å². The Kier molecular flexibility index (Phi) is 5.31. The predicted octanol–water partition coefficient (Wildman–Crippen LogP) is 2.94. The summed E-state index contributed by atoms with van der Waals surface area (Å²) in [6.45, 7) is 9.21. The summed E-state index contributed by atoms with van der Waals surface area (Å²) in [6.07, 6.45) is 0. The minimum atomic E-state index is -0.696. The lowest BCUT2D eigenvalue weighted by Crippen LogP contribution is -2.40. The first-order valence-corrected chi connectivity index (χ1v) is 6.81. The SMILES string of the molecule is CCN(C(C)=O)C(C(=O)OC(C)(C)C)c1ccccc1. The van der Waals surface area contributed by atoms with E-state index in [1.54, 1.807) is 0 Å². The molecule has 1 aromatic carbocycles. The fourth-order valence-corrected chi connectivity index (χ4v) is 2.02. The van der Waals surface area contributed by atoms with Crippen molar-refractivity contribution in [1.82, 2.24) is 4.90 Å². The normalized spacial score (nSPS) is 12.7. The van der Waals surface area contributed by atoms with Crippen molar-refractivity contribution in [3.05, 3.63) is 35.9 Å². The topological polar surface area (TPSA) is 46.6 Å². The maximum absolute atomic E-state index is 12.4. The summed E-state index contributed by atoms with van der Waals surface area (Å²) in [4.78, 5) is 25.7. The van der Waals surface area contributed by atoms with Crippen LogP contribution in [0.25, 0.3) is 0 Å². The second-order valence-corrected chi connectivity index (χ2v) is 5.65. The Bertz CT molecular complexity index is 462. The molecule has 0 saturated carbocycles. The van der Waals surface area contributed by atoms with Crippen LogP contribution < -0.4 is 0 Å². The van der Waals surface area contributed by atoms with Gasteiger partial charge in [-0.15, -0.1) is 0 Å². The molecule has 1 rings (SSSR count). The fourth-order valence-electron chi connectivity index (χ4n) is 2.02. The number of ether oxygens (including phenoxy) is 1. The second kappa shape index (κ2) is 6.55. The van der Waals surface area contributed by atoms with E-state index in [1.807, 2.05) is 58.0 Å². The highest BCUT2D eigenvalue weighted by Crippen LogP contribution is 2.24. The molecule has 20 heavy (non-hydrogen) atoms. The zero-order valence-electron chi connectivity index (χ0n) is 12.8. The highest BCUT2D eigenvalue weighted by molar-refractivity contribution is 5.84. The van der Waals surface area contributed by atoms with Gasteiger partial charge in [0.2, 0.25) is 5.91 Å². The number of benzene rings is 1. The first-order chi connectivity index (χ1) is 9.26. The van der Waals surface area contributed by atoms with E-state index in [4.69, 9.17) is 4.74 Å². The van der Waals surface area contributed by atoms with Crippen LogP contribution in [0.3, 0.4) is 0 Å². The molecule has 0 saturated heterocycles. The smallest absolute Gasteiger partial charge is 0.334 e. The average Bonchev–Trinajstić information content (AvgIpc) is 2.33. The van der Waals surface area contributed by atoms with Gasteiger partial charge in [0.1, 0.15) is 5.60 Å². The van der Waals surface area contributed by atoms with Crippen LogP contribution in [-0.2, 0) is 14.3 Å². The van der Waals surface area contributed by atoms with Gasteiger partial charge in [0, 0.05) is 13.5 Å². The molecule has 0 N–H and O–H groups in total. The molecular formula is C16H23NO3. The van der Waals surface area contributed by atoms with Crippen molar-refractivity contribution in [2.75, 3.05) is 6.54 Å². The predicted molar refractivity (Wildman–Crippen MR) is 78.1 cm³/mol. The zero-order chi connectivity index (χ0) is 15.3. The molecule has 0 aliphatic carbocycles. The Morgan fingerprint density at radius 2 is 1.75 bits per heavy atom. The van der Waals surface area contributed by atoms with Gasteiger partial charge >= 0.3 is 5.97 Å². The molecule has 4 nitrogen and oxygen atoms in total. The van der Waals surface area contributed by atoms with Gasteiger partial charge in [-0.2, -0.15) is 0 Å². The first kappa shape index (κ1) is 16.2. The Morgan fingerprint density at radius 1 is 1.20 bits per heavy atom. The van der Waals surface area contributed by atoms with Gasteiger partial charge in [0.25, 0.3) is 0 Å². The minimum Gasteiger partial charge on any atom is -0.458 e. The molecule has 0 fully saturated rings. The highest BCUT2D eigenvalue weighted by atomic mass is 16.6. The Hall–Kier alpha value is -1.84. The molecule has 1 unspecified atom stereocenters. The van der Waals surface area contributed by atoms with E-state index in [1.165, 1.54) is 11.8 Å². The van der Waals surface area contributed by atoms with Gasteiger partial charge in [-0.05, 0) is 33.3 Å². The summed E-state index contributed by atoms with van der Waals surface area (Å²) in [6, 6.07) is 8.54. The van der Waals surface area contributed by atoms with E-state index in [0.29, 0.717) is 6.54 Å². The number of hydrogen-bond acceptors (Lipinski definition) is 3. The largest absolute Gasteiger partial charge is 0.458 e. The van der Waals surface area contributed by atoms with E-state index in [2.05, 4.69) is 0 Å². The van der Waals surface area contributed by atoms with Crippen molar-refractivity contribution in [3.63, 3.8) is 0 Å². The minimum absolute atomic E-state index is 0.146. The van der Waals surface area contributed by atoms with Gasteiger partial charge in [0.15, 0.2) is 6.04 Å². The molecule has 0 aliphatic heterocycles. The van der Waals surface area contributed by atoms with Crippen LogP contribution >= 0.6 is 0 Å². The molecule has 0 spiro atoms. The average molecular weight is 277 g/mol. The molecule has 0 heterocycles. The monoisotopic (exact) mass is 277 g/mol. The van der Waals surface area contributed by atoms with Crippen molar-refractivity contribution in [1.29, 1.82) is 0 Å². The van der Waals surface area contributed by atoms with Crippen LogP contribution in [0.15, 0.2) is 30.3 Å². The third-order valence-electron chi connectivity index (χ3n) is 2.80. The van der Waals surface area contributed by atoms with E-state index in [0.717, 1.165) is 5.56 Å². The van der Waals surface area contributed by atoms with Crippen LogP contribution in [-0.4, -0.2) is 28.9 Å². The zero-order valence-corrected chi connectivity index (χ0v) is 12.8. The maximum Gasteiger partial charge on any atom is 0.334 e. The summed E-state index contributed by atoms with van der Waals surface area (Å²) in [5, 5.41) is 0. The summed E-state index contributed by atoms with van der Waals surface area (Å²) in [5.74, 6) is -0.548. The molecule has 0 aromatic heterocycles. The number of likely N-dealkylation sites (N-methyl/N-ethyl adjacent to an activating group) is 1. The maximum atomic E-state index is 12.4. The Morgan fingerprint density at radius 3 is 2.15 bits per heavy atom. The molecule has 4 heteroatoms. The van der Waals surface area contributed by atoms with Crippen LogP contribution in [0.1, 0.15) is 46.2 Å². The van der Waals surface area contributed by atoms with E-state index >= 15 is 0 Å². The van der Waals surface area contributed by atoms with E-state index in [-0.39, 0.29) is 5.91 Å². The number of rotatable bonds is 4. The standard InChI is InChI=1S/C16H23NO3/c1-6-17(12(2)18)14(13-10-8-7-9-11-13)15(19)20-16(3,4)5/h7-11,14H,6H2,1-5H3. The lowest BCUT2D eigenvalue weighted by atomic mass is 10.0. The summed E-state index contributed by atoms with van der Waals surface area (Å²) >= 11 is 0. The molecule has 110 valence electrons. The van der Waals surface area contributed by atoms with Crippen LogP contribution in [0.5, 0.6) is 0 Å². The van der Waals surface area contributed by atoms with E-state index in [9.17, 15) is 9.59 Å². The van der Waals surface area contributed by atoms with Crippen molar-refractivity contribution in [2.45, 2.75) is 46.3 Å². The number of amides is 1. The fraction of sp³-hybridized carbons (Fsp3) is 0.500. The molecule has 1 amide bonds. The van der Waals surface area contributed by atoms with Gasteiger partial charge in [0.05, 0.1) is 0 Å². The molecule has 1 aromatic rings. The van der Waals surface area contributed by atoms with Crippen molar-refractivity contribution < 1.29 is 14.3 Å². The van der Waals surface area contributed by atoms with Crippen molar-refractivity contribution in [3.8, 4) is 0 Å². The quantitative estimate of drug-likeness (QED) is 0.795. The number of carbonyl (C=O) groups excluding carboxylic acids is 2. The van der Waals surface area contributed by atoms with Crippen molar-refractivity contribution >= 4 is 11.9 Å². The first-order valence-electron chi connectivity index (χ1n) is 6.81. The molecular weight excluding hydrogens is 254 g/mol. The van der Waals surface area contributed by atoms with Crippen LogP contribution in [0.4, 0.5) is 0 Å². The van der Waals surface area contributed by atoms with Crippen LogP contribution in [0, 0.1) is 0 Å². The molecule has 0 aliphatic rings. The van der Waals surface area contributed by atoms with Crippen molar-refractivity contribution in [2.24, 2.45) is 0 Å². The lowest BCUT2D eigenvalue weighted by Gasteiger charge is -2.31. The summed E-state index contributed by atoms with van der Waals surface area (Å²) in [7, 11) is 0. The number of nitrogens with zero attached hydrogens (tertiary/aromatic N) is 1. The third-order valence-corrected chi connectivity index (χ3v) is 2.80. The molecule has 0 bridgehead atoms. The molecule has 1 atom stereocenters. The third kappa shape index (κ3) is 4.37. The number of carbonyl (C=O) groups is 2. The summed E-state index contributed by atoms with van der Waals surface area (Å²) < 4.78 is 5.45. The number of hydrogen-bond donors (Lipinski definition) is 0. The number of esters is 1. The van der Waals surface area contributed by atoms with Gasteiger partial charge in [-0.25, -0.2) is 4.79 Å². The van der Waals surface area contributed by atoms with Gasteiger partial charge in [-0.1, -0.05) is 30.3 Å². The lowest BCUT2D eigenvalue weighted by molar-refractivity contribution is -0.164. The Balaban J connectivity index is 3.14. The highest BCUT2D eigenvalue weighted by Gasteiger charge is 2.32. The van der Waals surface area contributed by atoms with Gasteiger partial charge < -0.3 is 9.64 Å². The Labute approximate surface area is 120 Å². The van der Waals surface area contributed by atoms with Gasteiger partial charge in [-0.3, -0.25) is 4.79 Å². The molecule has 0 radical (unpaired) electrons. The van der Waals surface area contributed by atoms with Crippen LogP contribution in [0.2, 0.25) is 0 Å². The second-order valence-electron chi connectivity index (χ2n) is 5.65. The summed E-state index contributed by atoms with van der Waals surface area (Å²) in [5.41, 5.74) is 0.180.